The summed E-state index contributed by atoms with van der Waals surface area (Å²) in [6, 6.07) is 4.35. The van der Waals surface area contributed by atoms with Gasteiger partial charge in [0, 0.05) is 10.0 Å². The van der Waals surface area contributed by atoms with Crippen LogP contribution in [0.5, 0.6) is 0 Å². The Morgan fingerprint density at radius 2 is 2.41 bits per heavy atom. The molecule has 17 heavy (non-hydrogen) atoms. The van der Waals surface area contributed by atoms with Gasteiger partial charge >= 0.3 is 0 Å². The van der Waals surface area contributed by atoms with E-state index >= 15 is 0 Å². The van der Waals surface area contributed by atoms with Gasteiger partial charge in [-0.25, -0.2) is 4.39 Å². The molecule has 0 spiro atoms. The zero-order chi connectivity index (χ0) is 12.5. The van der Waals surface area contributed by atoms with Crippen LogP contribution < -0.4 is 5.32 Å². The molecule has 1 heterocycles. The van der Waals surface area contributed by atoms with Crippen molar-refractivity contribution < 1.29 is 13.9 Å². The third-order valence-corrected chi connectivity index (χ3v) is 3.37. The Morgan fingerprint density at radius 3 is 3.12 bits per heavy atom. The van der Waals surface area contributed by atoms with Crippen molar-refractivity contribution in [1.82, 2.24) is 5.32 Å². The molecule has 0 aliphatic carbocycles. The van der Waals surface area contributed by atoms with Crippen LogP contribution in [0.2, 0.25) is 0 Å². The minimum Gasteiger partial charge on any atom is -0.377 e. The Hall–Kier alpha value is -0.780. The average Bonchev–Trinajstić information content (AvgIpc) is 2.32. The molecule has 0 saturated carbocycles. The van der Waals surface area contributed by atoms with Crippen LogP contribution in [0.25, 0.3) is 0 Å². The molecule has 1 N–H and O–H groups in total. The number of nitrogens with one attached hydrogen (secondary N) is 1. The summed E-state index contributed by atoms with van der Waals surface area (Å²) in [5, 5.41) is 3.11. The van der Waals surface area contributed by atoms with Crippen molar-refractivity contribution in [2.24, 2.45) is 0 Å². The molecular weight excluding hydrogens is 289 g/mol. The van der Waals surface area contributed by atoms with Crippen LogP contribution in [0.15, 0.2) is 22.7 Å². The van der Waals surface area contributed by atoms with Crippen molar-refractivity contribution >= 4 is 22.2 Å². The number of rotatable bonds is 2. The van der Waals surface area contributed by atoms with Crippen LogP contribution in [0, 0.1) is 5.82 Å². The molecule has 0 bridgehead atoms. The Balaban J connectivity index is 2.36. The van der Waals surface area contributed by atoms with E-state index in [1.165, 1.54) is 6.07 Å². The number of morpholine rings is 1. The van der Waals surface area contributed by atoms with E-state index in [1.807, 2.05) is 6.92 Å². The predicted molar refractivity (Wildman–Crippen MR) is 65.3 cm³/mol. The van der Waals surface area contributed by atoms with E-state index in [0.29, 0.717) is 18.8 Å². The fourth-order valence-corrected chi connectivity index (χ4v) is 2.39. The molecule has 92 valence electrons. The van der Waals surface area contributed by atoms with Crippen LogP contribution >= 0.6 is 15.9 Å². The van der Waals surface area contributed by atoms with Gasteiger partial charge in [-0.2, -0.15) is 0 Å². The first kappa shape index (κ1) is 12.7. The van der Waals surface area contributed by atoms with Crippen molar-refractivity contribution in [3.63, 3.8) is 0 Å². The van der Waals surface area contributed by atoms with Crippen molar-refractivity contribution in [2.45, 2.75) is 18.5 Å². The zero-order valence-corrected chi connectivity index (χ0v) is 11.0. The second-order valence-corrected chi connectivity index (χ2v) is 5.27. The maximum Gasteiger partial charge on any atom is 0.139 e. The highest BCUT2D eigenvalue weighted by Gasteiger charge is 2.35. The van der Waals surface area contributed by atoms with E-state index in [4.69, 9.17) is 4.74 Å². The molecule has 1 saturated heterocycles. The molecule has 5 heteroatoms. The summed E-state index contributed by atoms with van der Waals surface area (Å²) in [5.74, 6) is -0.307. The maximum atomic E-state index is 13.8. The topological polar surface area (TPSA) is 38.3 Å². The quantitative estimate of drug-likeness (QED) is 0.849. The summed E-state index contributed by atoms with van der Waals surface area (Å²) in [7, 11) is 0. The molecule has 3 nitrogen and oxygen atoms in total. The summed E-state index contributed by atoms with van der Waals surface area (Å²) in [6.45, 7) is 2.49. The van der Waals surface area contributed by atoms with Crippen molar-refractivity contribution in [3.8, 4) is 0 Å². The van der Waals surface area contributed by atoms with Crippen LogP contribution in [0.1, 0.15) is 12.5 Å². The third kappa shape index (κ3) is 2.56. The first-order chi connectivity index (χ1) is 8.05. The van der Waals surface area contributed by atoms with E-state index in [-0.39, 0.29) is 5.82 Å². The smallest absolute Gasteiger partial charge is 0.139 e. The van der Waals surface area contributed by atoms with E-state index in [0.717, 1.165) is 10.8 Å². The molecule has 1 fully saturated rings. The lowest BCUT2D eigenvalue weighted by Gasteiger charge is -2.38. The van der Waals surface area contributed by atoms with Crippen LogP contribution in [-0.2, 0) is 15.1 Å². The van der Waals surface area contributed by atoms with Gasteiger partial charge in [0.2, 0.25) is 0 Å². The van der Waals surface area contributed by atoms with Gasteiger partial charge in [-0.3, -0.25) is 5.32 Å². The van der Waals surface area contributed by atoms with Crippen molar-refractivity contribution in [2.75, 3.05) is 13.2 Å². The maximum absolute atomic E-state index is 13.8. The second kappa shape index (κ2) is 4.84. The van der Waals surface area contributed by atoms with Gasteiger partial charge in [0.05, 0.1) is 24.8 Å². The largest absolute Gasteiger partial charge is 0.377 e. The first-order valence-electron chi connectivity index (χ1n) is 5.31. The molecule has 1 aromatic carbocycles. The Morgan fingerprint density at radius 1 is 1.65 bits per heavy atom. The Bertz CT molecular complexity index is 441. The predicted octanol–water partition coefficient (Wildman–Crippen LogP) is 1.99. The summed E-state index contributed by atoms with van der Waals surface area (Å²) in [5.41, 5.74) is -0.184. The lowest BCUT2D eigenvalue weighted by molar-refractivity contribution is -0.114. The number of hydrogen-bond acceptors (Lipinski definition) is 3. The Labute approximate surface area is 107 Å². The highest BCUT2D eigenvalue weighted by atomic mass is 79.9. The molecule has 2 unspecified atom stereocenters. The number of ether oxygens (including phenoxy) is 1. The number of hydrogen-bond donors (Lipinski definition) is 1. The zero-order valence-electron chi connectivity index (χ0n) is 9.37. The van der Waals surface area contributed by atoms with Crippen LogP contribution in [-0.4, -0.2) is 25.5 Å². The van der Waals surface area contributed by atoms with Gasteiger partial charge < -0.3 is 9.53 Å². The normalized spacial score (nSPS) is 29.0. The fourth-order valence-electron chi connectivity index (χ4n) is 2.03. The molecule has 0 aromatic heterocycles. The van der Waals surface area contributed by atoms with E-state index in [2.05, 4.69) is 21.2 Å². The van der Waals surface area contributed by atoms with E-state index in [1.54, 1.807) is 12.1 Å². The number of halogens is 2. The number of carbonyl (C=O) groups is 1. The van der Waals surface area contributed by atoms with Crippen LogP contribution in [0.3, 0.4) is 0 Å². The van der Waals surface area contributed by atoms with Gasteiger partial charge in [-0.05, 0) is 25.1 Å². The van der Waals surface area contributed by atoms with Gasteiger partial charge in [0.25, 0.3) is 0 Å². The second-order valence-electron chi connectivity index (χ2n) is 4.36. The first-order valence-corrected chi connectivity index (χ1v) is 6.11. The highest BCUT2D eigenvalue weighted by molar-refractivity contribution is 9.10. The lowest BCUT2D eigenvalue weighted by atomic mass is 9.90. The number of benzene rings is 1. The van der Waals surface area contributed by atoms with Gasteiger partial charge in [0.1, 0.15) is 12.1 Å². The van der Waals surface area contributed by atoms with Gasteiger partial charge in [0.15, 0.2) is 0 Å². The average molecular weight is 302 g/mol. The van der Waals surface area contributed by atoms with Crippen molar-refractivity contribution in [1.29, 1.82) is 0 Å². The lowest BCUT2D eigenvalue weighted by Crippen LogP contribution is -2.56. The van der Waals surface area contributed by atoms with Crippen LogP contribution in [0.4, 0.5) is 4.39 Å². The molecule has 0 amide bonds. The molecule has 1 aromatic rings. The van der Waals surface area contributed by atoms with E-state index in [9.17, 15) is 9.18 Å². The molecule has 1 aliphatic heterocycles. The molecule has 2 atom stereocenters. The molecule has 2 rings (SSSR count). The monoisotopic (exact) mass is 301 g/mol. The highest BCUT2D eigenvalue weighted by Crippen LogP contribution is 2.29. The number of aldehydes is 1. The summed E-state index contributed by atoms with van der Waals surface area (Å²) in [6.07, 6.45) is 0.785. The molecule has 1 aliphatic rings. The van der Waals surface area contributed by atoms with Gasteiger partial charge in [-0.1, -0.05) is 15.9 Å². The fraction of sp³-hybridized carbons (Fsp3) is 0.417. The minimum atomic E-state index is -0.683. The SMILES string of the molecule is CC1(c2cc(Br)ccc2F)COCC(C=O)N1. The summed E-state index contributed by atoms with van der Waals surface area (Å²) in [4.78, 5) is 10.8. The van der Waals surface area contributed by atoms with E-state index < -0.39 is 11.6 Å². The summed E-state index contributed by atoms with van der Waals surface area (Å²) < 4.78 is 20.0. The Kier molecular flexibility index (Phi) is 3.61. The van der Waals surface area contributed by atoms with Crippen molar-refractivity contribution in [3.05, 3.63) is 34.1 Å². The molecular formula is C12H13BrFNO2. The number of carbonyl (C=O) groups excluding carboxylic acids is 1. The van der Waals surface area contributed by atoms with Gasteiger partial charge in [-0.15, -0.1) is 0 Å². The summed E-state index contributed by atoms with van der Waals surface area (Å²) >= 11 is 3.31. The third-order valence-electron chi connectivity index (χ3n) is 2.88. The standard InChI is InChI=1S/C12H13BrFNO2/c1-12(7-17-6-9(5-16)15-12)10-4-8(13)2-3-11(10)14/h2-5,9,15H,6-7H2,1H3. The minimum absolute atomic E-state index is 0.307. The molecule has 0 radical (unpaired) electrons.